The fourth-order valence-electron chi connectivity index (χ4n) is 2.43. The molecular weight excluding hydrogens is 352 g/mol. The van der Waals surface area contributed by atoms with Crippen LogP contribution in [0.15, 0.2) is 24.3 Å². The SMILES string of the molecule is COC(=O)C(C)CN(CCCNC(C)=O)C(=O)COc1ccccc1OC. The van der Waals surface area contributed by atoms with Gasteiger partial charge in [0.1, 0.15) is 0 Å². The Labute approximate surface area is 159 Å². The van der Waals surface area contributed by atoms with Gasteiger partial charge in [0.05, 0.1) is 20.1 Å². The number of ether oxygens (including phenoxy) is 3. The molecule has 0 aliphatic carbocycles. The second-order valence-corrected chi connectivity index (χ2v) is 6.04. The molecule has 1 unspecified atom stereocenters. The Morgan fingerprint density at radius 2 is 1.81 bits per heavy atom. The van der Waals surface area contributed by atoms with E-state index in [1.807, 2.05) is 0 Å². The zero-order chi connectivity index (χ0) is 20.2. The van der Waals surface area contributed by atoms with E-state index in [4.69, 9.17) is 14.2 Å². The standard InChI is InChI=1S/C19H28N2O6/c1-14(19(24)26-4)12-21(11-7-10-20-15(2)22)18(23)13-27-17-9-6-5-8-16(17)25-3/h5-6,8-9,14H,7,10-13H2,1-4H3,(H,20,22). The maximum atomic E-state index is 12.6. The van der Waals surface area contributed by atoms with Gasteiger partial charge in [-0.05, 0) is 18.6 Å². The largest absolute Gasteiger partial charge is 0.493 e. The number of amides is 2. The van der Waals surface area contributed by atoms with Gasteiger partial charge in [0.25, 0.3) is 5.91 Å². The summed E-state index contributed by atoms with van der Waals surface area (Å²) in [6, 6.07) is 7.04. The first-order valence-corrected chi connectivity index (χ1v) is 8.74. The highest BCUT2D eigenvalue weighted by Crippen LogP contribution is 2.25. The molecule has 0 heterocycles. The van der Waals surface area contributed by atoms with Crippen molar-refractivity contribution in [3.05, 3.63) is 24.3 Å². The number of esters is 1. The number of nitrogens with zero attached hydrogens (tertiary/aromatic N) is 1. The Morgan fingerprint density at radius 3 is 2.41 bits per heavy atom. The summed E-state index contributed by atoms with van der Waals surface area (Å²) in [6.07, 6.45) is 0.563. The van der Waals surface area contributed by atoms with Crippen molar-refractivity contribution in [2.45, 2.75) is 20.3 Å². The van der Waals surface area contributed by atoms with Crippen molar-refractivity contribution in [3.8, 4) is 11.5 Å². The smallest absolute Gasteiger partial charge is 0.310 e. The first kappa shape index (κ1) is 22.3. The van der Waals surface area contributed by atoms with Crippen LogP contribution < -0.4 is 14.8 Å². The van der Waals surface area contributed by atoms with Crippen LogP contribution in [0.1, 0.15) is 20.3 Å². The zero-order valence-corrected chi connectivity index (χ0v) is 16.3. The maximum absolute atomic E-state index is 12.6. The second kappa shape index (κ2) is 11.8. The Balaban J connectivity index is 2.69. The average molecular weight is 380 g/mol. The zero-order valence-electron chi connectivity index (χ0n) is 16.3. The number of rotatable bonds is 11. The lowest BCUT2D eigenvalue weighted by Gasteiger charge is -2.25. The van der Waals surface area contributed by atoms with Crippen molar-refractivity contribution < 1.29 is 28.6 Å². The molecule has 8 nitrogen and oxygen atoms in total. The quantitative estimate of drug-likeness (QED) is 0.458. The van der Waals surface area contributed by atoms with Crippen molar-refractivity contribution in [1.29, 1.82) is 0 Å². The number of methoxy groups -OCH3 is 2. The third-order valence-corrected chi connectivity index (χ3v) is 3.85. The highest BCUT2D eigenvalue weighted by Gasteiger charge is 2.22. The number of hydrogen-bond acceptors (Lipinski definition) is 6. The lowest BCUT2D eigenvalue weighted by molar-refractivity contribution is -0.146. The van der Waals surface area contributed by atoms with Crippen LogP contribution in [-0.4, -0.2) is 63.1 Å². The van der Waals surface area contributed by atoms with Gasteiger partial charge in [-0.3, -0.25) is 14.4 Å². The minimum Gasteiger partial charge on any atom is -0.493 e. The molecule has 0 radical (unpaired) electrons. The van der Waals surface area contributed by atoms with Crippen molar-refractivity contribution in [1.82, 2.24) is 10.2 Å². The fourth-order valence-corrected chi connectivity index (χ4v) is 2.43. The van der Waals surface area contributed by atoms with Gasteiger partial charge in [-0.15, -0.1) is 0 Å². The van der Waals surface area contributed by atoms with Gasteiger partial charge in [-0.25, -0.2) is 0 Å². The van der Waals surface area contributed by atoms with Crippen LogP contribution >= 0.6 is 0 Å². The van der Waals surface area contributed by atoms with E-state index in [-0.39, 0.29) is 30.9 Å². The van der Waals surface area contributed by atoms with Crippen LogP contribution in [0.25, 0.3) is 0 Å². The number of benzene rings is 1. The van der Waals surface area contributed by atoms with Crippen LogP contribution in [0.3, 0.4) is 0 Å². The molecule has 1 aromatic carbocycles. The first-order chi connectivity index (χ1) is 12.9. The number of para-hydroxylation sites is 2. The average Bonchev–Trinajstić information content (AvgIpc) is 2.67. The van der Waals surface area contributed by atoms with Gasteiger partial charge < -0.3 is 24.4 Å². The molecule has 8 heteroatoms. The van der Waals surface area contributed by atoms with Crippen molar-refractivity contribution in [2.75, 3.05) is 40.5 Å². The Morgan fingerprint density at radius 1 is 1.15 bits per heavy atom. The first-order valence-electron chi connectivity index (χ1n) is 8.74. The maximum Gasteiger partial charge on any atom is 0.310 e. The van der Waals surface area contributed by atoms with Crippen LogP contribution in [0.2, 0.25) is 0 Å². The summed E-state index contributed by atoms with van der Waals surface area (Å²) < 4.78 is 15.5. The minimum absolute atomic E-state index is 0.129. The molecule has 1 atom stereocenters. The van der Waals surface area contributed by atoms with Crippen LogP contribution in [0.4, 0.5) is 0 Å². The van der Waals surface area contributed by atoms with E-state index in [0.717, 1.165) is 0 Å². The molecule has 1 aromatic rings. The van der Waals surface area contributed by atoms with Gasteiger partial charge in [-0.2, -0.15) is 0 Å². The molecule has 0 bridgehead atoms. The van der Waals surface area contributed by atoms with E-state index in [2.05, 4.69) is 5.32 Å². The highest BCUT2D eigenvalue weighted by molar-refractivity contribution is 5.79. The summed E-state index contributed by atoms with van der Waals surface area (Å²) in [5.74, 6) is -0.251. The van der Waals surface area contributed by atoms with Crippen LogP contribution in [0, 0.1) is 5.92 Å². The molecular formula is C19H28N2O6. The Bertz CT molecular complexity index is 634. The van der Waals surface area contributed by atoms with E-state index in [9.17, 15) is 14.4 Å². The van der Waals surface area contributed by atoms with Gasteiger partial charge in [0, 0.05) is 26.6 Å². The normalized spacial score (nSPS) is 11.3. The predicted molar refractivity (Wildman–Crippen MR) is 99.5 cm³/mol. The van der Waals surface area contributed by atoms with Crippen molar-refractivity contribution >= 4 is 17.8 Å². The second-order valence-electron chi connectivity index (χ2n) is 6.04. The van der Waals surface area contributed by atoms with E-state index in [0.29, 0.717) is 31.0 Å². The minimum atomic E-state index is -0.467. The predicted octanol–water partition coefficient (Wildman–Crippen LogP) is 1.24. The molecule has 0 aliphatic rings. The van der Waals surface area contributed by atoms with E-state index >= 15 is 0 Å². The summed E-state index contributed by atoms with van der Waals surface area (Å²) in [6.45, 7) is 3.98. The van der Waals surface area contributed by atoms with E-state index < -0.39 is 5.92 Å². The van der Waals surface area contributed by atoms with Crippen LogP contribution in [-0.2, 0) is 19.1 Å². The summed E-state index contributed by atoms with van der Waals surface area (Å²) >= 11 is 0. The molecule has 2 amide bonds. The van der Waals surface area contributed by atoms with Gasteiger partial charge in [0.15, 0.2) is 18.1 Å². The fraction of sp³-hybridized carbons (Fsp3) is 0.526. The molecule has 0 saturated carbocycles. The lowest BCUT2D eigenvalue weighted by atomic mass is 10.1. The van der Waals surface area contributed by atoms with Crippen LogP contribution in [0.5, 0.6) is 11.5 Å². The molecule has 0 saturated heterocycles. The van der Waals surface area contributed by atoms with E-state index in [1.165, 1.54) is 21.1 Å². The van der Waals surface area contributed by atoms with Gasteiger partial charge >= 0.3 is 5.97 Å². The van der Waals surface area contributed by atoms with Gasteiger partial charge in [-0.1, -0.05) is 19.1 Å². The molecule has 0 fully saturated rings. The van der Waals surface area contributed by atoms with Crippen molar-refractivity contribution in [2.24, 2.45) is 5.92 Å². The number of hydrogen-bond donors (Lipinski definition) is 1. The third kappa shape index (κ3) is 7.98. The molecule has 150 valence electrons. The number of carbonyl (C=O) groups excluding carboxylic acids is 3. The molecule has 27 heavy (non-hydrogen) atoms. The molecule has 0 aliphatic heterocycles. The van der Waals surface area contributed by atoms with Gasteiger partial charge in [0.2, 0.25) is 5.91 Å². The molecule has 1 rings (SSSR count). The molecule has 0 spiro atoms. The Hall–Kier alpha value is -2.77. The number of nitrogens with one attached hydrogen (secondary N) is 1. The third-order valence-electron chi connectivity index (χ3n) is 3.85. The topological polar surface area (TPSA) is 94.2 Å². The van der Waals surface area contributed by atoms with Crippen molar-refractivity contribution in [3.63, 3.8) is 0 Å². The summed E-state index contributed by atoms with van der Waals surface area (Å²) in [7, 11) is 2.84. The number of carbonyl (C=O) groups is 3. The Kier molecular flexibility index (Phi) is 9.71. The summed E-state index contributed by atoms with van der Waals surface area (Å²) in [5, 5.41) is 2.68. The highest BCUT2D eigenvalue weighted by atomic mass is 16.5. The molecule has 1 N–H and O–H groups in total. The monoisotopic (exact) mass is 380 g/mol. The molecule has 0 aromatic heterocycles. The summed E-state index contributed by atoms with van der Waals surface area (Å²) in [4.78, 5) is 36.8. The lowest BCUT2D eigenvalue weighted by Crippen LogP contribution is -2.41. The van der Waals surface area contributed by atoms with E-state index in [1.54, 1.807) is 36.1 Å². The summed E-state index contributed by atoms with van der Waals surface area (Å²) in [5.41, 5.74) is 0.